The molecule has 0 amide bonds. The molecule has 3 aromatic rings. The van der Waals surface area contributed by atoms with E-state index in [1.54, 1.807) is 0 Å². The van der Waals surface area contributed by atoms with Crippen molar-refractivity contribution in [3.8, 4) is 22.3 Å². The van der Waals surface area contributed by atoms with Gasteiger partial charge < -0.3 is 0 Å². The van der Waals surface area contributed by atoms with Gasteiger partial charge in [-0.05, 0) is 34.4 Å². The summed E-state index contributed by atoms with van der Waals surface area (Å²) in [6.45, 7) is 0. The van der Waals surface area contributed by atoms with Crippen LogP contribution in [-0.4, -0.2) is 0 Å². The van der Waals surface area contributed by atoms with Crippen molar-refractivity contribution >= 4 is 12.6 Å². The first-order valence-electron chi connectivity index (χ1n) is 6.39. The first kappa shape index (κ1) is 12.9. The SMILES string of the molecule is Fc1cc(-c2ccccc2)cc(-c2ccccc2)c1S. The molecule has 0 aliphatic rings. The number of hydrogen-bond donors (Lipinski definition) is 1. The summed E-state index contributed by atoms with van der Waals surface area (Å²) in [5.74, 6) is -0.298. The Hall–Kier alpha value is -2.06. The van der Waals surface area contributed by atoms with Crippen LogP contribution in [0.2, 0.25) is 0 Å². The van der Waals surface area contributed by atoms with Crippen LogP contribution in [0.15, 0.2) is 77.7 Å². The van der Waals surface area contributed by atoms with E-state index in [1.807, 2.05) is 66.7 Å². The van der Waals surface area contributed by atoms with Crippen LogP contribution in [0.5, 0.6) is 0 Å². The van der Waals surface area contributed by atoms with Gasteiger partial charge in [-0.3, -0.25) is 0 Å². The summed E-state index contributed by atoms with van der Waals surface area (Å²) in [5, 5.41) is 0. The molecule has 0 aromatic heterocycles. The van der Waals surface area contributed by atoms with E-state index in [-0.39, 0.29) is 5.82 Å². The van der Waals surface area contributed by atoms with Crippen molar-refractivity contribution in [1.29, 1.82) is 0 Å². The molecule has 0 heterocycles. The van der Waals surface area contributed by atoms with Gasteiger partial charge in [-0.1, -0.05) is 60.7 Å². The second kappa shape index (κ2) is 5.51. The normalized spacial score (nSPS) is 10.5. The number of hydrogen-bond acceptors (Lipinski definition) is 1. The van der Waals surface area contributed by atoms with Gasteiger partial charge in [-0.15, -0.1) is 12.6 Å². The van der Waals surface area contributed by atoms with Crippen molar-refractivity contribution in [1.82, 2.24) is 0 Å². The highest BCUT2D eigenvalue weighted by atomic mass is 32.1. The molecule has 98 valence electrons. The molecule has 0 saturated heterocycles. The van der Waals surface area contributed by atoms with E-state index in [9.17, 15) is 4.39 Å². The average Bonchev–Trinajstić information content (AvgIpc) is 2.51. The molecular weight excluding hydrogens is 267 g/mol. The van der Waals surface area contributed by atoms with Gasteiger partial charge in [-0.25, -0.2) is 4.39 Å². The molecule has 3 rings (SSSR count). The number of thiol groups is 1. The Morgan fingerprint density at radius 2 is 1.20 bits per heavy atom. The van der Waals surface area contributed by atoms with Gasteiger partial charge in [0.1, 0.15) is 5.82 Å². The van der Waals surface area contributed by atoms with Crippen LogP contribution in [-0.2, 0) is 0 Å². The zero-order valence-corrected chi connectivity index (χ0v) is 11.6. The minimum Gasteiger partial charge on any atom is -0.206 e. The first-order valence-corrected chi connectivity index (χ1v) is 6.84. The van der Waals surface area contributed by atoms with Crippen molar-refractivity contribution in [2.75, 3.05) is 0 Å². The van der Waals surface area contributed by atoms with Crippen LogP contribution in [0, 0.1) is 5.82 Å². The Labute approximate surface area is 123 Å². The zero-order valence-electron chi connectivity index (χ0n) is 10.8. The van der Waals surface area contributed by atoms with Crippen LogP contribution in [0.4, 0.5) is 4.39 Å². The van der Waals surface area contributed by atoms with E-state index in [2.05, 4.69) is 12.6 Å². The number of rotatable bonds is 2. The van der Waals surface area contributed by atoms with Crippen LogP contribution >= 0.6 is 12.6 Å². The van der Waals surface area contributed by atoms with Gasteiger partial charge in [0.2, 0.25) is 0 Å². The van der Waals surface area contributed by atoms with Crippen molar-refractivity contribution in [2.24, 2.45) is 0 Å². The Kier molecular flexibility index (Phi) is 3.57. The lowest BCUT2D eigenvalue weighted by molar-refractivity contribution is 0.604. The van der Waals surface area contributed by atoms with E-state index >= 15 is 0 Å². The van der Waals surface area contributed by atoms with Gasteiger partial charge >= 0.3 is 0 Å². The highest BCUT2D eigenvalue weighted by molar-refractivity contribution is 7.80. The predicted octanol–water partition coefficient (Wildman–Crippen LogP) is 5.45. The zero-order chi connectivity index (χ0) is 13.9. The lowest BCUT2D eigenvalue weighted by Crippen LogP contribution is -1.88. The molecule has 0 aliphatic carbocycles. The predicted molar refractivity (Wildman–Crippen MR) is 84.5 cm³/mol. The summed E-state index contributed by atoms with van der Waals surface area (Å²) in [6.07, 6.45) is 0. The maximum Gasteiger partial charge on any atom is 0.137 e. The first-order chi connectivity index (χ1) is 9.75. The van der Waals surface area contributed by atoms with Crippen LogP contribution in [0.1, 0.15) is 0 Å². The van der Waals surface area contributed by atoms with Crippen LogP contribution in [0.3, 0.4) is 0 Å². The molecule has 0 N–H and O–H groups in total. The van der Waals surface area contributed by atoms with Gasteiger partial charge in [0.25, 0.3) is 0 Å². The number of halogens is 1. The van der Waals surface area contributed by atoms with Gasteiger partial charge in [0, 0.05) is 4.90 Å². The van der Waals surface area contributed by atoms with Crippen LogP contribution < -0.4 is 0 Å². The van der Waals surface area contributed by atoms with Crippen molar-refractivity contribution in [3.63, 3.8) is 0 Å². The molecule has 0 bridgehead atoms. The van der Waals surface area contributed by atoms with E-state index in [0.29, 0.717) is 4.90 Å². The topological polar surface area (TPSA) is 0 Å². The second-order valence-corrected chi connectivity index (χ2v) is 5.03. The third-order valence-electron chi connectivity index (χ3n) is 3.26. The Bertz CT molecular complexity index is 721. The summed E-state index contributed by atoms with van der Waals surface area (Å²) in [4.78, 5) is 0.385. The lowest BCUT2D eigenvalue weighted by atomic mass is 9.98. The monoisotopic (exact) mass is 280 g/mol. The summed E-state index contributed by atoms with van der Waals surface area (Å²) in [5.41, 5.74) is 3.64. The Morgan fingerprint density at radius 1 is 0.650 bits per heavy atom. The minimum absolute atomic E-state index is 0.298. The standard InChI is InChI=1S/C18H13FS/c19-17-12-15(13-7-3-1-4-8-13)11-16(18(17)20)14-9-5-2-6-10-14/h1-12,20H. The van der Waals surface area contributed by atoms with E-state index in [1.165, 1.54) is 6.07 Å². The highest BCUT2D eigenvalue weighted by Crippen LogP contribution is 2.33. The smallest absolute Gasteiger partial charge is 0.137 e. The molecular formula is C18H13FS. The molecule has 0 radical (unpaired) electrons. The fourth-order valence-corrected chi connectivity index (χ4v) is 2.49. The van der Waals surface area contributed by atoms with Crippen LogP contribution in [0.25, 0.3) is 22.3 Å². The van der Waals surface area contributed by atoms with E-state index in [4.69, 9.17) is 0 Å². The maximum absolute atomic E-state index is 14.1. The molecule has 0 spiro atoms. The molecule has 0 aliphatic heterocycles. The lowest BCUT2D eigenvalue weighted by Gasteiger charge is -2.10. The second-order valence-electron chi connectivity index (χ2n) is 4.59. The average molecular weight is 280 g/mol. The molecule has 0 atom stereocenters. The molecule has 20 heavy (non-hydrogen) atoms. The van der Waals surface area contributed by atoms with Gasteiger partial charge in [0.05, 0.1) is 0 Å². The fourth-order valence-electron chi connectivity index (χ4n) is 2.23. The summed E-state index contributed by atoms with van der Waals surface area (Å²) >= 11 is 4.31. The summed E-state index contributed by atoms with van der Waals surface area (Å²) < 4.78 is 14.1. The fraction of sp³-hybridized carbons (Fsp3) is 0. The van der Waals surface area contributed by atoms with Gasteiger partial charge in [0.15, 0.2) is 0 Å². The molecule has 0 nitrogen and oxygen atoms in total. The van der Waals surface area contributed by atoms with Crippen molar-refractivity contribution in [2.45, 2.75) is 4.90 Å². The third-order valence-corrected chi connectivity index (χ3v) is 3.71. The Balaban J connectivity index is 2.19. The van der Waals surface area contributed by atoms with E-state index in [0.717, 1.165) is 22.3 Å². The number of benzene rings is 3. The Morgan fingerprint density at radius 3 is 1.80 bits per heavy atom. The largest absolute Gasteiger partial charge is 0.206 e. The third kappa shape index (κ3) is 2.47. The molecule has 0 unspecified atom stereocenters. The van der Waals surface area contributed by atoms with Crippen molar-refractivity contribution in [3.05, 3.63) is 78.6 Å². The van der Waals surface area contributed by atoms with Gasteiger partial charge in [-0.2, -0.15) is 0 Å². The molecule has 0 saturated carbocycles. The minimum atomic E-state index is -0.298. The van der Waals surface area contributed by atoms with Crippen molar-refractivity contribution < 1.29 is 4.39 Å². The quantitative estimate of drug-likeness (QED) is 0.593. The van der Waals surface area contributed by atoms with E-state index < -0.39 is 0 Å². The molecule has 3 aromatic carbocycles. The highest BCUT2D eigenvalue weighted by Gasteiger charge is 2.10. The summed E-state index contributed by atoms with van der Waals surface area (Å²) in [7, 11) is 0. The molecule has 2 heteroatoms. The maximum atomic E-state index is 14.1. The molecule has 0 fully saturated rings. The summed E-state index contributed by atoms with van der Waals surface area (Å²) in [6, 6.07) is 23.1.